The Hall–Kier alpha value is -3.07. The fourth-order valence-electron chi connectivity index (χ4n) is 3.95. The van der Waals surface area contributed by atoms with E-state index in [2.05, 4.69) is 15.6 Å². The van der Waals surface area contributed by atoms with Crippen molar-refractivity contribution in [2.45, 2.75) is 44.4 Å². The molecule has 0 unspecified atom stereocenters. The fourth-order valence-corrected chi connectivity index (χ4v) is 4.12. The summed E-state index contributed by atoms with van der Waals surface area (Å²) in [6.07, 6.45) is -0.505. The molecule has 0 bridgehead atoms. The Morgan fingerprint density at radius 1 is 1.16 bits per heavy atom. The van der Waals surface area contributed by atoms with Crippen molar-refractivity contribution in [3.05, 3.63) is 63.5 Å². The topological polar surface area (TPSA) is 76.0 Å². The average Bonchev–Trinajstić information content (AvgIpc) is 3.24. The van der Waals surface area contributed by atoms with E-state index in [4.69, 9.17) is 11.6 Å². The number of rotatable bonds is 5. The Bertz CT molecular complexity index is 1220. The predicted octanol–water partition coefficient (Wildman–Crippen LogP) is 5.06. The maximum Gasteiger partial charge on any atom is 0.418 e. The van der Waals surface area contributed by atoms with Crippen LogP contribution in [0.3, 0.4) is 0 Å². The fraction of sp³-hybridized carbons (Fsp3) is 0.318. The molecule has 0 aliphatic heterocycles. The molecule has 1 aromatic heterocycles. The van der Waals surface area contributed by atoms with Crippen molar-refractivity contribution in [1.82, 2.24) is 9.55 Å². The van der Waals surface area contributed by atoms with Crippen molar-refractivity contribution >= 4 is 39.9 Å². The van der Waals surface area contributed by atoms with E-state index in [-0.39, 0.29) is 11.1 Å². The van der Waals surface area contributed by atoms with Crippen LogP contribution < -0.4 is 16.3 Å². The number of benzene rings is 2. The van der Waals surface area contributed by atoms with Crippen molar-refractivity contribution in [2.24, 2.45) is 0 Å². The molecule has 0 atom stereocenters. The predicted molar refractivity (Wildman–Crippen MR) is 117 cm³/mol. The average molecular weight is 465 g/mol. The minimum atomic E-state index is -4.70. The van der Waals surface area contributed by atoms with E-state index >= 15 is 0 Å². The molecule has 0 saturated heterocycles. The lowest BCUT2D eigenvalue weighted by Gasteiger charge is -2.17. The first-order valence-electron chi connectivity index (χ1n) is 10.1. The van der Waals surface area contributed by atoms with Gasteiger partial charge in [-0.1, -0.05) is 36.6 Å². The van der Waals surface area contributed by atoms with Gasteiger partial charge in [-0.3, -0.25) is 9.36 Å². The number of para-hydroxylation sites is 1. The normalized spacial score (nSPS) is 14.6. The van der Waals surface area contributed by atoms with Gasteiger partial charge in [0.05, 0.1) is 16.8 Å². The number of carbonyl (C=O) groups is 1. The molecule has 1 fully saturated rings. The molecule has 2 aromatic carbocycles. The van der Waals surface area contributed by atoms with E-state index in [0.29, 0.717) is 16.7 Å². The van der Waals surface area contributed by atoms with Gasteiger partial charge in [-0.25, -0.2) is 4.79 Å². The molecule has 4 rings (SSSR count). The molecule has 1 aliphatic carbocycles. The maximum atomic E-state index is 13.3. The highest BCUT2D eigenvalue weighted by Crippen LogP contribution is 2.36. The summed E-state index contributed by atoms with van der Waals surface area (Å²) >= 11 is 5.68. The second-order valence-electron chi connectivity index (χ2n) is 7.71. The third-order valence-electron chi connectivity index (χ3n) is 5.45. The maximum absolute atomic E-state index is 13.3. The number of halogens is 4. The van der Waals surface area contributed by atoms with Crippen LogP contribution in [0.5, 0.6) is 0 Å². The van der Waals surface area contributed by atoms with E-state index < -0.39 is 35.6 Å². The van der Waals surface area contributed by atoms with Gasteiger partial charge in [0.2, 0.25) is 5.91 Å². The molecule has 1 amide bonds. The van der Waals surface area contributed by atoms with Crippen LogP contribution in [0.25, 0.3) is 10.9 Å². The Balaban J connectivity index is 1.63. The lowest BCUT2D eigenvalue weighted by molar-refractivity contribution is -0.137. The zero-order chi connectivity index (χ0) is 22.9. The van der Waals surface area contributed by atoms with Crippen LogP contribution in [0.1, 0.15) is 31.2 Å². The Morgan fingerprint density at radius 2 is 1.88 bits per heavy atom. The molecule has 168 valence electrons. The van der Waals surface area contributed by atoms with Crippen LogP contribution in [0.2, 0.25) is 5.02 Å². The first kappa shape index (κ1) is 22.1. The number of aromatic nitrogens is 2. The van der Waals surface area contributed by atoms with Crippen LogP contribution >= 0.6 is 11.6 Å². The van der Waals surface area contributed by atoms with Gasteiger partial charge in [0.1, 0.15) is 12.4 Å². The number of alkyl halides is 3. The summed E-state index contributed by atoms with van der Waals surface area (Å²) in [5.41, 5.74) is -1.69. The number of fused-ring (bicyclic) bond motifs is 1. The zero-order valence-electron chi connectivity index (χ0n) is 16.9. The van der Waals surface area contributed by atoms with Gasteiger partial charge < -0.3 is 10.6 Å². The molecular formula is C22H20ClF3N4O2. The second-order valence-corrected chi connectivity index (χ2v) is 8.14. The Kier molecular flexibility index (Phi) is 6.10. The molecule has 32 heavy (non-hydrogen) atoms. The highest BCUT2D eigenvalue weighted by molar-refractivity contribution is 6.30. The van der Waals surface area contributed by atoms with E-state index in [1.54, 1.807) is 24.3 Å². The SMILES string of the molecule is O=C(Cn1c(=O)nc(NC2CCCC2)c2ccccc21)Nc1ccc(Cl)cc1C(F)(F)F. The highest BCUT2D eigenvalue weighted by Gasteiger charge is 2.34. The van der Waals surface area contributed by atoms with Crippen molar-refractivity contribution in [3.63, 3.8) is 0 Å². The number of hydrogen-bond donors (Lipinski definition) is 2. The van der Waals surface area contributed by atoms with Crippen molar-refractivity contribution in [2.75, 3.05) is 10.6 Å². The number of carbonyl (C=O) groups excluding carboxylic acids is 1. The lowest BCUT2D eigenvalue weighted by atomic mass is 10.1. The number of anilines is 2. The highest BCUT2D eigenvalue weighted by atomic mass is 35.5. The van der Waals surface area contributed by atoms with Crippen LogP contribution in [0, 0.1) is 0 Å². The molecule has 0 spiro atoms. The number of amides is 1. The van der Waals surface area contributed by atoms with E-state index in [9.17, 15) is 22.8 Å². The molecule has 6 nitrogen and oxygen atoms in total. The summed E-state index contributed by atoms with van der Waals surface area (Å²) < 4.78 is 41.1. The van der Waals surface area contributed by atoms with Gasteiger partial charge in [-0.15, -0.1) is 0 Å². The second kappa shape index (κ2) is 8.82. The minimum Gasteiger partial charge on any atom is -0.367 e. The molecule has 3 aromatic rings. The lowest BCUT2D eigenvalue weighted by Crippen LogP contribution is -2.31. The quantitative estimate of drug-likeness (QED) is 0.553. The Labute approximate surface area is 186 Å². The van der Waals surface area contributed by atoms with Gasteiger partial charge in [0, 0.05) is 16.5 Å². The zero-order valence-corrected chi connectivity index (χ0v) is 17.6. The summed E-state index contributed by atoms with van der Waals surface area (Å²) in [6.45, 7) is -0.490. The minimum absolute atomic E-state index is 0.105. The van der Waals surface area contributed by atoms with Crippen LogP contribution in [0.15, 0.2) is 47.3 Å². The van der Waals surface area contributed by atoms with Gasteiger partial charge in [-0.2, -0.15) is 18.2 Å². The first-order valence-corrected chi connectivity index (χ1v) is 10.5. The summed E-state index contributed by atoms with van der Waals surface area (Å²) in [6, 6.07) is 10.3. The van der Waals surface area contributed by atoms with Crippen LogP contribution in [-0.2, 0) is 17.5 Å². The van der Waals surface area contributed by atoms with Crippen molar-refractivity contribution in [1.29, 1.82) is 0 Å². The molecule has 2 N–H and O–H groups in total. The standard InChI is InChI=1S/C22H20ClF3N4O2/c23-13-9-10-17(16(11-13)22(24,25)26)28-19(31)12-30-18-8-4-3-7-15(18)20(29-21(30)32)27-14-5-1-2-6-14/h3-4,7-11,14H,1-2,5-6,12H2,(H,28,31)(H,27,29,32). The number of hydrogen-bond acceptors (Lipinski definition) is 4. The number of nitrogens with one attached hydrogen (secondary N) is 2. The summed E-state index contributed by atoms with van der Waals surface area (Å²) in [7, 11) is 0. The van der Waals surface area contributed by atoms with E-state index in [1.807, 2.05) is 0 Å². The molecule has 1 heterocycles. The smallest absolute Gasteiger partial charge is 0.367 e. The molecule has 10 heteroatoms. The third kappa shape index (κ3) is 4.72. The molecule has 0 radical (unpaired) electrons. The van der Waals surface area contributed by atoms with Gasteiger partial charge in [-0.05, 0) is 43.2 Å². The summed E-state index contributed by atoms with van der Waals surface area (Å²) in [5.74, 6) is -0.338. The van der Waals surface area contributed by atoms with Crippen LogP contribution in [-0.4, -0.2) is 21.5 Å². The summed E-state index contributed by atoms with van der Waals surface area (Å²) in [5, 5.41) is 6.11. The van der Waals surface area contributed by atoms with Gasteiger partial charge >= 0.3 is 11.9 Å². The largest absolute Gasteiger partial charge is 0.418 e. The monoisotopic (exact) mass is 464 g/mol. The van der Waals surface area contributed by atoms with Crippen molar-refractivity contribution < 1.29 is 18.0 Å². The molecular weight excluding hydrogens is 445 g/mol. The van der Waals surface area contributed by atoms with Crippen LogP contribution in [0.4, 0.5) is 24.7 Å². The van der Waals surface area contributed by atoms with Gasteiger partial charge in [0.25, 0.3) is 0 Å². The molecule has 1 aliphatic rings. The van der Waals surface area contributed by atoms with Crippen molar-refractivity contribution in [3.8, 4) is 0 Å². The van der Waals surface area contributed by atoms with E-state index in [1.165, 1.54) is 6.07 Å². The third-order valence-corrected chi connectivity index (χ3v) is 5.68. The molecule has 1 saturated carbocycles. The number of nitrogens with zero attached hydrogens (tertiary/aromatic N) is 2. The first-order chi connectivity index (χ1) is 15.2. The van der Waals surface area contributed by atoms with E-state index in [0.717, 1.165) is 42.4 Å². The van der Waals surface area contributed by atoms with Gasteiger partial charge in [0.15, 0.2) is 0 Å². The summed E-state index contributed by atoms with van der Waals surface area (Å²) in [4.78, 5) is 29.4. The Morgan fingerprint density at radius 3 is 2.59 bits per heavy atom.